The molecule has 0 aliphatic heterocycles. The van der Waals surface area contributed by atoms with E-state index in [-0.39, 0.29) is 0 Å². The third-order valence-corrected chi connectivity index (χ3v) is 6.15. The second-order valence-corrected chi connectivity index (χ2v) is 7.30. The van der Waals surface area contributed by atoms with Crippen LogP contribution in [0.25, 0.3) is 0 Å². The summed E-state index contributed by atoms with van der Waals surface area (Å²) in [6.07, 6.45) is 13.7. The average molecular weight is 280 g/mol. The average Bonchev–Trinajstić information content (AvgIpc) is 2.49. The van der Waals surface area contributed by atoms with Gasteiger partial charge in [0, 0.05) is 30.1 Å². The summed E-state index contributed by atoms with van der Waals surface area (Å²) < 4.78 is 6.05. The molecule has 3 N–H and O–H groups in total. The van der Waals surface area contributed by atoms with Gasteiger partial charge in [-0.15, -0.1) is 0 Å². The number of hydrogen-bond acceptors (Lipinski definition) is 3. The Bertz CT molecular complexity index is 306. The van der Waals surface area contributed by atoms with E-state index in [4.69, 9.17) is 10.5 Å². The molecule has 0 heterocycles. The zero-order chi connectivity index (χ0) is 14.0. The molecule has 116 valence electrons. The van der Waals surface area contributed by atoms with Crippen molar-refractivity contribution in [3.05, 3.63) is 0 Å². The second-order valence-electron chi connectivity index (χ2n) is 7.30. The SMILES string of the molecule is CCOC1CC(NC2CCC(N)CC2)C12CCCCC2. The van der Waals surface area contributed by atoms with Crippen molar-refractivity contribution < 1.29 is 4.74 Å². The molecule has 2 atom stereocenters. The maximum Gasteiger partial charge on any atom is 0.0661 e. The van der Waals surface area contributed by atoms with E-state index in [0.29, 0.717) is 29.6 Å². The summed E-state index contributed by atoms with van der Waals surface area (Å²) >= 11 is 0. The minimum Gasteiger partial charge on any atom is -0.378 e. The minimum atomic E-state index is 0.453. The van der Waals surface area contributed by atoms with Gasteiger partial charge in [-0.25, -0.2) is 0 Å². The third-order valence-electron chi connectivity index (χ3n) is 6.15. The Morgan fingerprint density at radius 3 is 2.45 bits per heavy atom. The van der Waals surface area contributed by atoms with Gasteiger partial charge in [-0.3, -0.25) is 0 Å². The molecular formula is C17H32N2O. The van der Waals surface area contributed by atoms with Crippen LogP contribution in [0.15, 0.2) is 0 Å². The van der Waals surface area contributed by atoms with Gasteiger partial charge >= 0.3 is 0 Å². The molecule has 3 saturated carbocycles. The molecule has 3 heteroatoms. The molecule has 3 nitrogen and oxygen atoms in total. The molecular weight excluding hydrogens is 248 g/mol. The number of ether oxygens (including phenoxy) is 1. The Hall–Kier alpha value is -0.120. The van der Waals surface area contributed by atoms with Crippen molar-refractivity contribution >= 4 is 0 Å². The van der Waals surface area contributed by atoms with E-state index in [1.165, 1.54) is 64.2 Å². The van der Waals surface area contributed by atoms with Crippen LogP contribution in [0.2, 0.25) is 0 Å². The molecule has 0 aromatic heterocycles. The van der Waals surface area contributed by atoms with Crippen LogP contribution in [-0.4, -0.2) is 30.8 Å². The maximum atomic E-state index is 6.05. The largest absolute Gasteiger partial charge is 0.378 e. The van der Waals surface area contributed by atoms with Crippen molar-refractivity contribution in [2.24, 2.45) is 11.1 Å². The van der Waals surface area contributed by atoms with Gasteiger partial charge in [0.15, 0.2) is 0 Å². The first kappa shape index (κ1) is 14.8. The fourth-order valence-corrected chi connectivity index (χ4v) is 4.87. The molecule has 20 heavy (non-hydrogen) atoms. The van der Waals surface area contributed by atoms with Crippen molar-refractivity contribution in [3.8, 4) is 0 Å². The topological polar surface area (TPSA) is 47.3 Å². The van der Waals surface area contributed by atoms with E-state index >= 15 is 0 Å². The molecule has 0 bridgehead atoms. The Kier molecular flexibility index (Phi) is 4.68. The first-order valence-electron chi connectivity index (χ1n) is 8.88. The lowest BCUT2D eigenvalue weighted by Crippen LogP contribution is -2.66. The van der Waals surface area contributed by atoms with Crippen molar-refractivity contribution in [1.29, 1.82) is 0 Å². The van der Waals surface area contributed by atoms with Crippen LogP contribution in [-0.2, 0) is 4.74 Å². The monoisotopic (exact) mass is 280 g/mol. The normalized spacial score (nSPS) is 40.5. The summed E-state index contributed by atoms with van der Waals surface area (Å²) in [5.74, 6) is 0. The van der Waals surface area contributed by atoms with Gasteiger partial charge in [-0.2, -0.15) is 0 Å². The van der Waals surface area contributed by atoms with Gasteiger partial charge in [0.2, 0.25) is 0 Å². The van der Waals surface area contributed by atoms with Gasteiger partial charge in [0.25, 0.3) is 0 Å². The molecule has 0 amide bonds. The van der Waals surface area contributed by atoms with Crippen LogP contribution in [0.3, 0.4) is 0 Å². The molecule has 3 fully saturated rings. The predicted octanol–water partition coefficient (Wildman–Crippen LogP) is 2.97. The first-order valence-corrected chi connectivity index (χ1v) is 8.88. The summed E-state index contributed by atoms with van der Waals surface area (Å²) in [5, 5.41) is 3.99. The number of nitrogens with one attached hydrogen (secondary N) is 1. The number of hydrogen-bond donors (Lipinski definition) is 2. The summed E-state index contributed by atoms with van der Waals surface area (Å²) in [7, 11) is 0. The van der Waals surface area contributed by atoms with E-state index in [1.54, 1.807) is 0 Å². The summed E-state index contributed by atoms with van der Waals surface area (Å²) in [5.41, 5.74) is 6.49. The predicted molar refractivity (Wildman–Crippen MR) is 82.7 cm³/mol. The molecule has 1 spiro atoms. The fourth-order valence-electron chi connectivity index (χ4n) is 4.87. The Morgan fingerprint density at radius 1 is 1.10 bits per heavy atom. The lowest BCUT2D eigenvalue weighted by Gasteiger charge is -2.59. The Labute approximate surface area is 124 Å². The van der Waals surface area contributed by atoms with Crippen molar-refractivity contribution in [1.82, 2.24) is 5.32 Å². The zero-order valence-corrected chi connectivity index (χ0v) is 13.1. The minimum absolute atomic E-state index is 0.453. The molecule has 3 aliphatic rings. The van der Waals surface area contributed by atoms with Crippen LogP contribution >= 0.6 is 0 Å². The highest BCUT2D eigenvalue weighted by Crippen LogP contribution is 2.53. The van der Waals surface area contributed by atoms with E-state index in [1.807, 2.05) is 0 Å². The molecule has 0 radical (unpaired) electrons. The Balaban J connectivity index is 1.58. The van der Waals surface area contributed by atoms with Gasteiger partial charge in [0.1, 0.15) is 0 Å². The summed E-state index contributed by atoms with van der Waals surface area (Å²) in [6, 6.07) is 1.87. The van der Waals surface area contributed by atoms with Crippen LogP contribution in [0.4, 0.5) is 0 Å². The molecule has 0 aromatic rings. The van der Waals surface area contributed by atoms with Crippen molar-refractivity contribution in [3.63, 3.8) is 0 Å². The first-order chi connectivity index (χ1) is 9.74. The lowest BCUT2D eigenvalue weighted by molar-refractivity contribution is -0.152. The van der Waals surface area contributed by atoms with Crippen molar-refractivity contribution in [2.75, 3.05) is 6.61 Å². The van der Waals surface area contributed by atoms with Gasteiger partial charge in [-0.1, -0.05) is 19.3 Å². The van der Waals surface area contributed by atoms with Crippen LogP contribution in [0.5, 0.6) is 0 Å². The summed E-state index contributed by atoms with van der Waals surface area (Å²) in [4.78, 5) is 0. The smallest absolute Gasteiger partial charge is 0.0661 e. The van der Waals surface area contributed by atoms with Crippen LogP contribution in [0.1, 0.15) is 71.1 Å². The molecule has 0 aromatic carbocycles. The van der Waals surface area contributed by atoms with E-state index < -0.39 is 0 Å². The number of rotatable bonds is 4. The second kappa shape index (κ2) is 6.33. The van der Waals surface area contributed by atoms with Gasteiger partial charge < -0.3 is 15.8 Å². The number of nitrogens with two attached hydrogens (primary N) is 1. The van der Waals surface area contributed by atoms with E-state index in [9.17, 15) is 0 Å². The highest BCUT2D eigenvalue weighted by molar-refractivity contribution is 5.09. The van der Waals surface area contributed by atoms with Gasteiger partial charge in [-0.05, 0) is 51.9 Å². The van der Waals surface area contributed by atoms with Crippen molar-refractivity contribution in [2.45, 2.75) is 95.4 Å². The summed E-state index contributed by atoms with van der Waals surface area (Å²) in [6.45, 7) is 3.01. The Morgan fingerprint density at radius 2 is 1.80 bits per heavy atom. The third kappa shape index (κ3) is 2.77. The highest BCUT2D eigenvalue weighted by Gasteiger charge is 2.55. The van der Waals surface area contributed by atoms with Gasteiger partial charge in [0.05, 0.1) is 6.10 Å². The lowest BCUT2D eigenvalue weighted by atomic mass is 9.55. The fraction of sp³-hybridized carbons (Fsp3) is 1.00. The highest BCUT2D eigenvalue weighted by atomic mass is 16.5. The van der Waals surface area contributed by atoms with E-state index in [0.717, 1.165) is 6.61 Å². The molecule has 0 saturated heterocycles. The van der Waals surface area contributed by atoms with E-state index in [2.05, 4.69) is 12.2 Å². The molecule has 3 rings (SSSR count). The van der Waals surface area contributed by atoms with Crippen LogP contribution in [0, 0.1) is 5.41 Å². The quantitative estimate of drug-likeness (QED) is 0.832. The van der Waals surface area contributed by atoms with Crippen LogP contribution < -0.4 is 11.1 Å². The maximum absolute atomic E-state index is 6.05. The molecule has 2 unspecified atom stereocenters. The standard InChI is InChI=1S/C17H32N2O/c1-2-20-16-12-15(17(16)10-4-3-5-11-17)19-14-8-6-13(18)7-9-14/h13-16,19H,2-12,18H2,1H3. The molecule has 3 aliphatic carbocycles. The zero-order valence-electron chi connectivity index (χ0n) is 13.1.